The molecule has 2 atom stereocenters. The van der Waals surface area contributed by atoms with E-state index >= 15 is 0 Å². The first-order chi connectivity index (χ1) is 5.11. The molecule has 1 aliphatic rings. The molecule has 0 aromatic rings. The Kier molecular flexibility index (Phi) is 1.95. The lowest BCUT2D eigenvalue weighted by molar-refractivity contribution is -0.436. The molecule has 0 amide bonds. The van der Waals surface area contributed by atoms with E-state index in [0.29, 0.717) is 0 Å². The van der Waals surface area contributed by atoms with Crippen molar-refractivity contribution in [3.05, 3.63) is 21.9 Å². The van der Waals surface area contributed by atoms with E-state index < -0.39 is 23.0 Å². The predicted molar refractivity (Wildman–Crippen MR) is 34.5 cm³/mol. The van der Waals surface area contributed by atoms with Gasteiger partial charge in [0.15, 0.2) is 6.17 Å². The molecule has 5 nitrogen and oxygen atoms in total. The standard InChI is InChI=1S/C5H5FN2O3/c6-3-1-4(8(10)11)5(9)7-2-3/h1-3,5,9H. The molecule has 0 bridgehead atoms. The maximum atomic E-state index is 12.3. The first kappa shape index (κ1) is 7.80. The number of nitrogens with zero attached hydrogens (tertiary/aromatic N) is 2. The number of dihydropyridines is 1. The fourth-order valence-corrected chi connectivity index (χ4v) is 0.687. The smallest absolute Gasteiger partial charge is 0.296 e. The first-order valence-corrected chi connectivity index (χ1v) is 2.83. The van der Waals surface area contributed by atoms with Gasteiger partial charge >= 0.3 is 0 Å². The first-order valence-electron chi connectivity index (χ1n) is 2.83. The van der Waals surface area contributed by atoms with Gasteiger partial charge in [-0.2, -0.15) is 0 Å². The Morgan fingerprint density at radius 1 is 1.82 bits per heavy atom. The zero-order chi connectivity index (χ0) is 8.43. The van der Waals surface area contributed by atoms with Crippen molar-refractivity contribution in [1.29, 1.82) is 0 Å². The minimum absolute atomic E-state index is 0.611. The lowest BCUT2D eigenvalue weighted by Crippen LogP contribution is -2.21. The van der Waals surface area contributed by atoms with Crippen LogP contribution in [-0.4, -0.2) is 28.6 Å². The summed E-state index contributed by atoms with van der Waals surface area (Å²) in [4.78, 5) is 12.4. The monoisotopic (exact) mass is 160 g/mol. The van der Waals surface area contributed by atoms with Crippen molar-refractivity contribution in [2.45, 2.75) is 12.4 Å². The summed E-state index contributed by atoms with van der Waals surface area (Å²) in [5.74, 6) is 0. The molecule has 1 aliphatic heterocycles. The van der Waals surface area contributed by atoms with Gasteiger partial charge < -0.3 is 5.11 Å². The number of rotatable bonds is 1. The topological polar surface area (TPSA) is 75.7 Å². The highest BCUT2D eigenvalue weighted by atomic mass is 19.1. The summed E-state index contributed by atoms with van der Waals surface area (Å²) in [5.41, 5.74) is -0.611. The molecule has 0 aliphatic carbocycles. The fraction of sp³-hybridized carbons (Fsp3) is 0.400. The molecule has 0 aromatic heterocycles. The van der Waals surface area contributed by atoms with Gasteiger partial charge in [0.05, 0.1) is 4.92 Å². The molecule has 0 aromatic carbocycles. The number of aliphatic hydroxyl groups is 1. The molecule has 0 fully saturated rings. The van der Waals surface area contributed by atoms with Crippen molar-refractivity contribution in [1.82, 2.24) is 0 Å². The van der Waals surface area contributed by atoms with Crippen LogP contribution in [0.5, 0.6) is 0 Å². The molecule has 60 valence electrons. The van der Waals surface area contributed by atoms with E-state index in [2.05, 4.69) is 4.99 Å². The van der Waals surface area contributed by atoms with Crippen molar-refractivity contribution >= 4 is 6.21 Å². The van der Waals surface area contributed by atoms with E-state index in [9.17, 15) is 14.5 Å². The van der Waals surface area contributed by atoms with Crippen molar-refractivity contribution in [3.8, 4) is 0 Å². The molecule has 0 saturated carbocycles. The maximum Gasteiger partial charge on any atom is 0.296 e. The second-order valence-corrected chi connectivity index (χ2v) is 1.96. The van der Waals surface area contributed by atoms with Gasteiger partial charge in [0.25, 0.3) is 5.70 Å². The Hall–Kier alpha value is -1.30. The largest absolute Gasteiger partial charge is 0.363 e. The van der Waals surface area contributed by atoms with Crippen LogP contribution >= 0.6 is 0 Å². The van der Waals surface area contributed by atoms with Gasteiger partial charge in [-0.05, 0) is 0 Å². The minimum atomic E-state index is -1.57. The molecule has 2 unspecified atom stereocenters. The summed E-state index contributed by atoms with van der Waals surface area (Å²) in [6.45, 7) is 0. The summed E-state index contributed by atoms with van der Waals surface area (Å²) in [6.07, 6.45) is -1.56. The van der Waals surface area contributed by atoms with E-state index in [1.807, 2.05) is 0 Å². The number of aliphatic imine (C=N–C) groups is 1. The highest BCUT2D eigenvalue weighted by Gasteiger charge is 2.26. The Labute approximate surface area is 61.0 Å². The quantitative estimate of drug-likeness (QED) is 0.429. The van der Waals surface area contributed by atoms with E-state index in [1.165, 1.54) is 0 Å². The molecule has 0 spiro atoms. The molecule has 1 rings (SSSR count). The summed E-state index contributed by atoms with van der Waals surface area (Å²) in [6, 6.07) is 0. The van der Waals surface area contributed by atoms with Gasteiger partial charge in [-0.25, -0.2) is 4.39 Å². The second-order valence-electron chi connectivity index (χ2n) is 1.96. The number of allylic oxidation sites excluding steroid dienone is 1. The predicted octanol–water partition coefficient (Wildman–Crippen LogP) is -0.112. The summed E-state index contributed by atoms with van der Waals surface area (Å²) >= 11 is 0. The highest BCUT2D eigenvalue weighted by Crippen LogP contribution is 2.11. The molecular formula is C5H5FN2O3. The Bertz CT molecular complexity index is 238. The summed E-state index contributed by atoms with van der Waals surface area (Å²) < 4.78 is 12.3. The van der Waals surface area contributed by atoms with Gasteiger partial charge in [-0.1, -0.05) is 0 Å². The third kappa shape index (κ3) is 1.58. The Morgan fingerprint density at radius 3 is 2.91 bits per heavy atom. The van der Waals surface area contributed by atoms with Crippen LogP contribution in [0, 0.1) is 10.1 Å². The van der Waals surface area contributed by atoms with E-state index in [1.54, 1.807) is 0 Å². The van der Waals surface area contributed by atoms with Gasteiger partial charge in [0.2, 0.25) is 6.23 Å². The Balaban J connectivity index is 2.84. The second kappa shape index (κ2) is 2.75. The molecule has 0 radical (unpaired) electrons. The number of hydrogen-bond donors (Lipinski definition) is 1. The lowest BCUT2D eigenvalue weighted by atomic mass is 10.2. The van der Waals surface area contributed by atoms with Crippen LogP contribution < -0.4 is 0 Å². The average molecular weight is 160 g/mol. The summed E-state index contributed by atoms with van der Waals surface area (Å²) in [5, 5.41) is 18.8. The fourth-order valence-electron chi connectivity index (χ4n) is 0.687. The van der Waals surface area contributed by atoms with E-state index in [-0.39, 0.29) is 0 Å². The third-order valence-electron chi connectivity index (χ3n) is 1.18. The van der Waals surface area contributed by atoms with Crippen molar-refractivity contribution in [2.75, 3.05) is 0 Å². The summed E-state index contributed by atoms with van der Waals surface area (Å²) in [7, 11) is 0. The van der Waals surface area contributed by atoms with Crippen LogP contribution in [0.15, 0.2) is 16.8 Å². The number of nitro groups is 1. The van der Waals surface area contributed by atoms with Crippen LogP contribution in [0.1, 0.15) is 0 Å². The van der Waals surface area contributed by atoms with E-state index in [4.69, 9.17) is 5.11 Å². The van der Waals surface area contributed by atoms with Gasteiger partial charge in [-0.3, -0.25) is 15.1 Å². The van der Waals surface area contributed by atoms with Crippen LogP contribution in [0.25, 0.3) is 0 Å². The zero-order valence-electron chi connectivity index (χ0n) is 5.35. The van der Waals surface area contributed by atoms with Gasteiger partial charge in [0.1, 0.15) is 0 Å². The van der Waals surface area contributed by atoms with Gasteiger partial charge in [-0.15, -0.1) is 0 Å². The lowest BCUT2D eigenvalue weighted by Gasteiger charge is -2.07. The number of alkyl halides is 1. The molecular weight excluding hydrogens is 155 g/mol. The molecule has 1 heterocycles. The highest BCUT2D eigenvalue weighted by molar-refractivity contribution is 5.67. The van der Waals surface area contributed by atoms with Crippen LogP contribution in [-0.2, 0) is 0 Å². The molecule has 1 N–H and O–H groups in total. The minimum Gasteiger partial charge on any atom is -0.363 e. The SMILES string of the molecule is O=[N+]([O-])C1=CC(F)C=NC1O. The third-order valence-corrected chi connectivity index (χ3v) is 1.18. The number of hydrogen-bond acceptors (Lipinski definition) is 4. The van der Waals surface area contributed by atoms with E-state index in [0.717, 1.165) is 12.3 Å². The number of aliphatic hydroxyl groups excluding tert-OH is 1. The van der Waals surface area contributed by atoms with Crippen LogP contribution in [0.4, 0.5) is 4.39 Å². The van der Waals surface area contributed by atoms with Crippen LogP contribution in [0.2, 0.25) is 0 Å². The Morgan fingerprint density at radius 2 is 2.45 bits per heavy atom. The number of halogens is 1. The molecule has 11 heavy (non-hydrogen) atoms. The van der Waals surface area contributed by atoms with Gasteiger partial charge in [0, 0.05) is 12.3 Å². The van der Waals surface area contributed by atoms with Crippen molar-refractivity contribution in [2.24, 2.45) is 4.99 Å². The van der Waals surface area contributed by atoms with Crippen molar-refractivity contribution in [3.63, 3.8) is 0 Å². The van der Waals surface area contributed by atoms with Crippen molar-refractivity contribution < 1.29 is 14.4 Å². The zero-order valence-corrected chi connectivity index (χ0v) is 5.35. The maximum absolute atomic E-state index is 12.3. The molecule has 6 heteroatoms. The normalized spacial score (nSPS) is 29.8. The average Bonchev–Trinajstić information content (AvgIpc) is 1.94. The van der Waals surface area contributed by atoms with Crippen LogP contribution in [0.3, 0.4) is 0 Å². The molecule has 0 saturated heterocycles.